The Morgan fingerprint density at radius 3 is 1.10 bits per heavy atom. The summed E-state index contributed by atoms with van der Waals surface area (Å²) in [5.41, 5.74) is 3.84. The minimum Gasteiger partial charge on any atom is -0.477 e. The topological polar surface area (TPSA) is 373 Å². The van der Waals surface area contributed by atoms with Crippen LogP contribution < -0.4 is 16.4 Å². The first-order valence-corrected chi connectivity index (χ1v) is 17.7. The van der Waals surface area contributed by atoms with Crippen molar-refractivity contribution in [1.82, 2.24) is 25.6 Å². The Morgan fingerprint density at radius 2 is 0.797 bits per heavy atom. The minimum absolute atomic E-state index is 0.0143. The van der Waals surface area contributed by atoms with Gasteiger partial charge in [-0.1, -0.05) is 0 Å². The average molecular weight is 825 g/mol. The van der Waals surface area contributed by atoms with Crippen molar-refractivity contribution in [3.05, 3.63) is 87.3 Å². The number of carboxylic acids is 6. The summed E-state index contributed by atoms with van der Waals surface area (Å²) in [6.45, 7) is 0. The second-order valence-electron chi connectivity index (χ2n) is 13.0. The molecule has 0 aliphatic rings. The lowest BCUT2D eigenvalue weighted by Crippen LogP contribution is -2.54. The first kappa shape index (κ1) is 46.0. The van der Waals surface area contributed by atoms with Crippen LogP contribution in [0.25, 0.3) is 0 Å². The van der Waals surface area contributed by atoms with Crippen LogP contribution in [0.2, 0.25) is 0 Å². The lowest BCUT2D eigenvalue weighted by atomic mass is 10.0. The fourth-order valence-electron chi connectivity index (χ4n) is 5.74. The summed E-state index contributed by atoms with van der Waals surface area (Å²) in [5.74, 6) is -11.4. The lowest BCUT2D eigenvalue weighted by molar-refractivity contribution is -0.145. The van der Waals surface area contributed by atoms with Gasteiger partial charge in [0, 0.05) is 0 Å². The van der Waals surface area contributed by atoms with E-state index < -0.39 is 106 Å². The number of hydrogen-bond acceptors (Lipinski definition) is 14. The number of aromatic carboxylic acids is 6. The number of methoxy groups -OCH3 is 1. The molecule has 3 atom stereocenters. The highest BCUT2D eigenvalue weighted by molar-refractivity contribution is 5.93. The molecule has 0 fully saturated rings. The Balaban J connectivity index is 1.79. The van der Waals surface area contributed by atoms with E-state index in [0.29, 0.717) is 5.56 Å². The van der Waals surface area contributed by atoms with E-state index in [1.54, 1.807) is 0 Å². The number of hydrogen-bond donors (Lipinski definition) is 9. The number of carbonyl (C=O) groups excluding carboxylic acids is 3. The van der Waals surface area contributed by atoms with E-state index in [1.165, 1.54) is 12.1 Å². The zero-order chi connectivity index (χ0) is 44.0. The van der Waals surface area contributed by atoms with Crippen LogP contribution in [0.4, 0.5) is 0 Å². The number of nitrogens with zero attached hydrogens (tertiary/aromatic N) is 3. The third-order valence-corrected chi connectivity index (χ3v) is 8.64. The minimum atomic E-state index is -1.48. The van der Waals surface area contributed by atoms with Crippen LogP contribution in [-0.4, -0.2) is 124 Å². The number of amides is 2. The second kappa shape index (κ2) is 21.2. The van der Waals surface area contributed by atoms with Gasteiger partial charge in [-0.25, -0.2) is 48.5 Å². The molecule has 0 radical (unpaired) electrons. The quantitative estimate of drug-likeness (QED) is 0.0600. The molecule has 0 bridgehead atoms. The predicted octanol–water partition coefficient (Wildman–Crippen LogP) is 0.899. The van der Waals surface area contributed by atoms with Gasteiger partial charge in [-0.15, -0.1) is 0 Å². The Kier molecular flexibility index (Phi) is 16.6. The van der Waals surface area contributed by atoms with Gasteiger partial charge in [0.2, 0.25) is 11.8 Å². The first-order chi connectivity index (χ1) is 27.8. The highest BCUT2D eigenvalue weighted by atomic mass is 16.5. The zero-order valence-corrected chi connectivity index (χ0v) is 31.2. The summed E-state index contributed by atoms with van der Waals surface area (Å²) in [7, 11) is 1.06. The van der Waals surface area contributed by atoms with Crippen molar-refractivity contribution in [2.75, 3.05) is 7.11 Å². The van der Waals surface area contributed by atoms with E-state index in [1.807, 2.05) is 0 Å². The van der Waals surface area contributed by atoms with Gasteiger partial charge < -0.3 is 51.7 Å². The Bertz CT molecular complexity index is 2040. The van der Waals surface area contributed by atoms with Crippen molar-refractivity contribution in [3.63, 3.8) is 0 Å². The second-order valence-corrected chi connectivity index (χ2v) is 13.0. The summed E-state index contributed by atoms with van der Waals surface area (Å²) in [6.07, 6.45) is 0.226. The molecule has 22 heteroatoms. The molecule has 0 saturated heterocycles. The van der Waals surface area contributed by atoms with E-state index in [4.69, 9.17) is 10.5 Å². The summed E-state index contributed by atoms with van der Waals surface area (Å²) in [4.78, 5) is 119. The van der Waals surface area contributed by atoms with Crippen molar-refractivity contribution >= 4 is 53.6 Å². The molecule has 3 aromatic heterocycles. The molecule has 0 aromatic carbocycles. The van der Waals surface area contributed by atoms with E-state index in [-0.39, 0.29) is 68.9 Å². The van der Waals surface area contributed by atoms with Crippen LogP contribution >= 0.6 is 0 Å². The predicted molar refractivity (Wildman–Crippen MR) is 197 cm³/mol. The lowest BCUT2D eigenvalue weighted by Gasteiger charge is -2.24. The van der Waals surface area contributed by atoms with Crippen LogP contribution in [0.1, 0.15) is 118 Å². The number of aromatic nitrogens is 3. The molecule has 2 amide bonds. The summed E-state index contributed by atoms with van der Waals surface area (Å²) >= 11 is 0. The number of carboxylic acid groups (broad SMARTS) is 6. The molecule has 59 heavy (non-hydrogen) atoms. The molecule has 0 spiro atoms. The Morgan fingerprint density at radius 1 is 0.508 bits per heavy atom. The van der Waals surface area contributed by atoms with E-state index in [2.05, 4.69) is 25.6 Å². The molecule has 0 aliphatic carbocycles. The van der Waals surface area contributed by atoms with Gasteiger partial charge in [0.15, 0.2) is 0 Å². The molecule has 10 N–H and O–H groups in total. The maximum Gasteiger partial charge on any atom is 0.354 e. The number of pyridine rings is 3. The third kappa shape index (κ3) is 14.0. The number of aryl methyl sites for hydroxylation is 3. The molecule has 0 aliphatic heterocycles. The maximum absolute atomic E-state index is 13.7. The molecule has 3 heterocycles. The molecule has 0 saturated carbocycles. The summed E-state index contributed by atoms with van der Waals surface area (Å²) < 4.78 is 4.84. The molecule has 3 aromatic rings. The molecule has 314 valence electrons. The summed E-state index contributed by atoms with van der Waals surface area (Å²) in [6, 6.07) is 3.03. The van der Waals surface area contributed by atoms with E-state index in [9.17, 15) is 73.8 Å². The van der Waals surface area contributed by atoms with Gasteiger partial charge in [-0.2, -0.15) is 0 Å². The molecule has 22 nitrogen and oxygen atoms in total. The summed E-state index contributed by atoms with van der Waals surface area (Å²) in [5, 5.41) is 61.0. The average Bonchev–Trinajstić information content (AvgIpc) is 3.18. The van der Waals surface area contributed by atoms with Gasteiger partial charge >= 0.3 is 41.8 Å². The highest BCUT2D eigenvalue weighted by Gasteiger charge is 2.29. The number of esters is 1. The number of ether oxygens (including phenoxy) is 1. The Hall–Kier alpha value is -7.36. The van der Waals surface area contributed by atoms with Gasteiger partial charge in [-0.3, -0.25) is 9.59 Å². The van der Waals surface area contributed by atoms with Crippen molar-refractivity contribution < 1.29 is 78.5 Å². The van der Waals surface area contributed by atoms with Gasteiger partial charge in [0.05, 0.1) is 13.2 Å². The van der Waals surface area contributed by atoms with Gasteiger partial charge in [-0.05, 0) is 111 Å². The Labute approximate surface area is 333 Å². The molecular weight excluding hydrogens is 784 g/mol. The zero-order valence-electron chi connectivity index (χ0n) is 31.2. The normalized spacial score (nSPS) is 12.3. The van der Waals surface area contributed by atoms with Crippen LogP contribution in [0.5, 0.6) is 0 Å². The number of nitrogens with one attached hydrogen (secondary N) is 2. The monoisotopic (exact) mass is 824 g/mol. The number of rotatable bonds is 23. The van der Waals surface area contributed by atoms with Crippen molar-refractivity contribution in [1.29, 1.82) is 0 Å². The standard InChI is InChI=1S/C37H40N6O16/c1-59-37(58)22(10-4-7-19-15-27(35(54)55)41-28(16-19)36(56)57)43-30(45)21(9-3-6-18-13-25(33(50)51)40-26(14-18)34(52)53)42-29(44)20(38)8-2-5-17-11-23(31(46)47)39-24(12-17)32(48)49/h11-16,20-22H,2-10,38H2,1H3,(H,42,44)(H,43,45)(H,46,47)(H,48,49)(H,50,51)(H,52,53)(H,54,55)(H,56,57)/t20-,21-,22-/m0/s1. The van der Waals surface area contributed by atoms with Gasteiger partial charge in [0.1, 0.15) is 46.2 Å². The smallest absolute Gasteiger partial charge is 0.354 e. The van der Waals surface area contributed by atoms with Crippen molar-refractivity contribution in [2.45, 2.75) is 75.9 Å². The molecular formula is C37H40N6O16. The first-order valence-electron chi connectivity index (χ1n) is 17.7. The van der Waals surface area contributed by atoms with Crippen LogP contribution in [-0.2, 0) is 38.4 Å². The third-order valence-electron chi connectivity index (χ3n) is 8.64. The molecule has 3 rings (SSSR count). The fourth-order valence-corrected chi connectivity index (χ4v) is 5.74. The van der Waals surface area contributed by atoms with Crippen LogP contribution in [0, 0.1) is 0 Å². The van der Waals surface area contributed by atoms with Crippen LogP contribution in [0.15, 0.2) is 36.4 Å². The largest absolute Gasteiger partial charge is 0.477 e. The van der Waals surface area contributed by atoms with E-state index >= 15 is 0 Å². The number of nitrogens with two attached hydrogens (primary N) is 1. The van der Waals surface area contributed by atoms with Crippen molar-refractivity contribution in [2.24, 2.45) is 5.73 Å². The SMILES string of the molecule is COC(=O)[C@H](CCCc1cc(C(=O)O)nc(C(=O)O)c1)NC(=O)[C@H](CCCc1cc(C(=O)O)nc(C(=O)O)c1)NC(=O)[C@@H](N)CCCc1cc(C(=O)O)nc(C(=O)O)c1. The maximum atomic E-state index is 13.7. The van der Waals surface area contributed by atoms with Crippen molar-refractivity contribution in [3.8, 4) is 0 Å². The molecule has 0 unspecified atom stereocenters. The fraction of sp³-hybridized carbons (Fsp3) is 0.351. The number of carbonyl (C=O) groups is 9. The highest BCUT2D eigenvalue weighted by Crippen LogP contribution is 2.16. The van der Waals surface area contributed by atoms with Gasteiger partial charge in [0.25, 0.3) is 0 Å². The van der Waals surface area contributed by atoms with Crippen LogP contribution in [0.3, 0.4) is 0 Å². The van der Waals surface area contributed by atoms with E-state index in [0.717, 1.165) is 31.4 Å².